The molecule has 0 aromatic heterocycles. The summed E-state index contributed by atoms with van der Waals surface area (Å²) in [4.78, 5) is 23.2. The Bertz CT molecular complexity index is 516. The summed E-state index contributed by atoms with van der Waals surface area (Å²) < 4.78 is 5.26. The summed E-state index contributed by atoms with van der Waals surface area (Å²) >= 11 is 0. The Hall–Kier alpha value is -1.75. The van der Waals surface area contributed by atoms with Crippen LogP contribution in [-0.4, -0.2) is 29.5 Å². The molecule has 0 aliphatic heterocycles. The van der Waals surface area contributed by atoms with Crippen LogP contribution < -0.4 is 0 Å². The van der Waals surface area contributed by atoms with E-state index in [1.165, 1.54) is 7.11 Å². The Morgan fingerprint density at radius 3 is 2.57 bits per heavy atom. The second kappa shape index (κ2) is 6.35. The van der Waals surface area contributed by atoms with Crippen molar-refractivity contribution in [2.75, 3.05) is 7.11 Å². The lowest BCUT2D eigenvalue weighted by atomic mass is 9.69. The molecule has 0 N–H and O–H groups in total. The first-order valence-electron chi connectivity index (χ1n) is 7.21. The highest BCUT2D eigenvalue weighted by Crippen LogP contribution is 2.39. The highest BCUT2D eigenvalue weighted by Gasteiger charge is 2.56. The van der Waals surface area contributed by atoms with Crippen molar-refractivity contribution in [3.63, 3.8) is 0 Å². The number of Topliss-reactive ketones (excluding diaryl/α,β-unsaturated/α-hetero) is 1. The molecule has 5 nitrogen and oxygen atoms in total. The number of hydrogen-bond donors (Lipinski definition) is 0. The Morgan fingerprint density at radius 2 is 2.00 bits per heavy atom. The van der Waals surface area contributed by atoms with Gasteiger partial charge in [-0.3, -0.25) is 14.9 Å². The molecular formula is C16H21NO4. The van der Waals surface area contributed by atoms with Gasteiger partial charge in [-0.2, -0.15) is 0 Å². The Kier molecular flexibility index (Phi) is 4.73. The molecule has 1 aliphatic rings. The SMILES string of the molecule is COC1CC(=O)C[C@@H](CCc2ccccc2)[C@]1(C)[N+](=O)[O-]. The molecule has 0 heterocycles. The van der Waals surface area contributed by atoms with Crippen molar-refractivity contribution < 1.29 is 14.5 Å². The van der Waals surface area contributed by atoms with E-state index < -0.39 is 11.6 Å². The third-order valence-electron chi connectivity index (χ3n) is 4.67. The Morgan fingerprint density at radius 1 is 1.33 bits per heavy atom. The monoisotopic (exact) mass is 291 g/mol. The fourth-order valence-corrected chi connectivity index (χ4v) is 3.21. The first-order chi connectivity index (χ1) is 9.98. The molecule has 114 valence electrons. The topological polar surface area (TPSA) is 69.4 Å². The van der Waals surface area contributed by atoms with E-state index in [0.29, 0.717) is 6.42 Å². The number of nitrogens with zero attached hydrogens (tertiary/aromatic N) is 1. The van der Waals surface area contributed by atoms with Gasteiger partial charge in [-0.25, -0.2) is 0 Å². The number of hydrogen-bond acceptors (Lipinski definition) is 4. The summed E-state index contributed by atoms with van der Waals surface area (Å²) in [7, 11) is 1.44. The zero-order chi connectivity index (χ0) is 15.5. The van der Waals surface area contributed by atoms with Crippen LogP contribution >= 0.6 is 0 Å². The van der Waals surface area contributed by atoms with E-state index in [0.717, 1.165) is 12.0 Å². The van der Waals surface area contributed by atoms with Gasteiger partial charge < -0.3 is 4.74 Å². The molecule has 1 aromatic rings. The number of benzene rings is 1. The normalized spacial score (nSPS) is 29.3. The maximum absolute atomic E-state index is 11.9. The van der Waals surface area contributed by atoms with Gasteiger partial charge in [0.1, 0.15) is 11.9 Å². The van der Waals surface area contributed by atoms with E-state index in [1.54, 1.807) is 6.92 Å². The molecular weight excluding hydrogens is 270 g/mol. The number of rotatable bonds is 5. The van der Waals surface area contributed by atoms with E-state index in [-0.39, 0.29) is 29.5 Å². The van der Waals surface area contributed by atoms with Crippen molar-refractivity contribution in [2.24, 2.45) is 5.92 Å². The summed E-state index contributed by atoms with van der Waals surface area (Å²) in [5, 5.41) is 11.6. The van der Waals surface area contributed by atoms with Gasteiger partial charge >= 0.3 is 0 Å². The lowest BCUT2D eigenvalue weighted by molar-refractivity contribution is -0.591. The van der Waals surface area contributed by atoms with Crippen LogP contribution in [0.5, 0.6) is 0 Å². The molecule has 1 aliphatic carbocycles. The molecule has 1 unspecified atom stereocenters. The Labute approximate surface area is 124 Å². The molecule has 0 saturated heterocycles. The number of ketones is 1. The molecule has 2 rings (SSSR count). The van der Waals surface area contributed by atoms with Gasteiger partial charge in [0.25, 0.3) is 0 Å². The lowest BCUT2D eigenvalue weighted by Gasteiger charge is -2.38. The van der Waals surface area contributed by atoms with Crippen LogP contribution in [0.25, 0.3) is 0 Å². The van der Waals surface area contributed by atoms with E-state index in [4.69, 9.17) is 4.74 Å². The van der Waals surface area contributed by atoms with Crippen LogP contribution in [0.2, 0.25) is 0 Å². The number of carbonyl (C=O) groups excluding carboxylic acids is 1. The van der Waals surface area contributed by atoms with Crippen LogP contribution in [0.15, 0.2) is 30.3 Å². The van der Waals surface area contributed by atoms with Crippen molar-refractivity contribution in [2.45, 2.75) is 44.2 Å². The van der Waals surface area contributed by atoms with Gasteiger partial charge in [-0.1, -0.05) is 30.3 Å². The summed E-state index contributed by atoms with van der Waals surface area (Å²) in [5.41, 5.74) is -0.0626. The summed E-state index contributed by atoms with van der Waals surface area (Å²) in [5.74, 6) is -0.238. The average molecular weight is 291 g/mol. The number of nitro groups is 1. The summed E-state index contributed by atoms with van der Waals surface area (Å²) in [6.07, 6.45) is 1.11. The maximum atomic E-state index is 11.9. The summed E-state index contributed by atoms with van der Waals surface area (Å²) in [6, 6.07) is 9.84. The molecule has 1 fully saturated rings. The van der Waals surface area contributed by atoms with Gasteiger partial charge in [-0.15, -0.1) is 0 Å². The Balaban J connectivity index is 2.17. The summed E-state index contributed by atoms with van der Waals surface area (Å²) in [6.45, 7) is 1.61. The molecule has 3 atom stereocenters. The molecule has 0 radical (unpaired) electrons. The molecule has 1 aromatic carbocycles. The third-order valence-corrected chi connectivity index (χ3v) is 4.67. The first-order valence-corrected chi connectivity index (χ1v) is 7.21. The van der Waals surface area contributed by atoms with Gasteiger partial charge in [0.2, 0.25) is 5.54 Å². The van der Waals surface area contributed by atoms with Crippen LogP contribution in [0, 0.1) is 16.0 Å². The van der Waals surface area contributed by atoms with Crippen LogP contribution in [0.3, 0.4) is 0 Å². The largest absolute Gasteiger partial charge is 0.374 e. The van der Waals surface area contributed by atoms with Crippen molar-refractivity contribution in [1.29, 1.82) is 0 Å². The lowest BCUT2D eigenvalue weighted by Crippen LogP contribution is -2.57. The zero-order valence-electron chi connectivity index (χ0n) is 12.5. The van der Waals surface area contributed by atoms with E-state index in [9.17, 15) is 14.9 Å². The van der Waals surface area contributed by atoms with E-state index in [1.807, 2.05) is 30.3 Å². The number of methoxy groups -OCH3 is 1. The molecule has 0 bridgehead atoms. The molecule has 0 spiro atoms. The van der Waals surface area contributed by atoms with Crippen molar-refractivity contribution in [3.05, 3.63) is 46.0 Å². The smallest absolute Gasteiger partial charge is 0.248 e. The van der Waals surface area contributed by atoms with Crippen LogP contribution in [-0.2, 0) is 16.0 Å². The van der Waals surface area contributed by atoms with E-state index in [2.05, 4.69) is 0 Å². The number of carbonyl (C=O) groups is 1. The molecule has 5 heteroatoms. The minimum Gasteiger partial charge on any atom is -0.374 e. The maximum Gasteiger partial charge on any atom is 0.248 e. The standard InChI is InChI=1S/C16H21NO4/c1-16(17(19)20)13(10-14(18)11-15(16)21-2)9-8-12-6-4-3-5-7-12/h3-7,13,15H,8-11H2,1-2H3/t13-,15?,16+/m1/s1. The fourth-order valence-electron chi connectivity index (χ4n) is 3.21. The number of aryl methyl sites for hydroxylation is 1. The first kappa shape index (κ1) is 15.6. The second-order valence-electron chi connectivity index (χ2n) is 5.88. The van der Waals surface area contributed by atoms with Crippen molar-refractivity contribution in [1.82, 2.24) is 0 Å². The van der Waals surface area contributed by atoms with Crippen LogP contribution in [0.4, 0.5) is 0 Å². The van der Waals surface area contributed by atoms with Crippen LogP contribution in [0.1, 0.15) is 31.7 Å². The second-order valence-corrected chi connectivity index (χ2v) is 5.88. The van der Waals surface area contributed by atoms with E-state index >= 15 is 0 Å². The molecule has 21 heavy (non-hydrogen) atoms. The predicted molar refractivity (Wildman–Crippen MR) is 78.7 cm³/mol. The third kappa shape index (κ3) is 3.13. The highest BCUT2D eigenvalue weighted by atomic mass is 16.6. The predicted octanol–water partition coefficient (Wildman–Crippen LogP) is 2.65. The van der Waals surface area contributed by atoms with Crippen molar-refractivity contribution in [3.8, 4) is 0 Å². The van der Waals surface area contributed by atoms with Gasteiger partial charge in [0.15, 0.2) is 0 Å². The minimum absolute atomic E-state index is 0.0548. The zero-order valence-corrected chi connectivity index (χ0v) is 12.5. The quantitative estimate of drug-likeness (QED) is 0.617. The molecule has 1 saturated carbocycles. The number of ether oxygens (including phenoxy) is 1. The van der Waals surface area contributed by atoms with Gasteiger partial charge in [0.05, 0.1) is 0 Å². The minimum atomic E-state index is -1.20. The van der Waals surface area contributed by atoms with Crippen molar-refractivity contribution >= 4 is 5.78 Å². The van der Waals surface area contributed by atoms with Gasteiger partial charge in [-0.05, 0) is 18.4 Å². The molecule has 0 amide bonds. The van der Waals surface area contributed by atoms with Gasteiger partial charge in [0, 0.05) is 37.7 Å². The fraction of sp³-hybridized carbons (Fsp3) is 0.562. The highest BCUT2D eigenvalue weighted by molar-refractivity contribution is 5.80. The average Bonchev–Trinajstić information content (AvgIpc) is 2.48.